The molecule has 0 heterocycles. The van der Waals surface area contributed by atoms with E-state index in [1.807, 2.05) is 12.1 Å². The van der Waals surface area contributed by atoms with Gasteiger partial charge in [0.1, 0.15) is 0 Å². The van der Waals surface area contributed by atoms with E-state index in [0.717, 1.165) is 23.7 Å². The minimum Gasteiger partial charge on any atom is -0.385 e. The number of unbranched alkanes of at least 4 members (excludes halogenated alkanes) is 1. The Balaban J connectivity index is 2.39. The molecule has 98 valence electrons. The van der Waals surface area contributed by atoms with Gasteiger partial charge in [0.25, 0.3) is 0 Å². The van der Waals surface area contributed by atoms with Crippen LogP contribution in [0.4, 0.5) is 5.69 Å². The third kappa shape index (κ3) is 5.23. The molecule has 0 amide bonds. The first-order valence-electron chi connectivity index (χ1n) is 6.99. The molecule has 0 aliphatic heterocycles. The van der Waals surface area contributed by atoms with Crippen molar-refractivity contribution in [1.29, 1.82) is 5.26 Å². The molecule has 0 spiro atoms. The summed E-state index contributed by atoms with van der Waals surface area (Å²) in [6.07, 6.45) is 5.64. The lowest BCUT2D eigenvalue weighted by molar-refractivity contribution is 0.473. The van der Waals surface area contributed by atoms with E-state index < -0.39 is 0 Å². The molecule has 0 radical (unpaired) electrons. The quantitative estimate of drug-likeness (QED) is 0.736. The maximum absolute atomic E-state index is 8.61. The molecule has 0 aliphatic rings. The lowest BCUT2D eigenvalue weighted by Gasteiger charge is -2.16. The third-order valence-corrected chi connectivity index (χ3v) is 3.38. The first-order valence-corrected chi connectivity index (χ1v) is 6.99. The molecule has 18 heavy (non-hydrogen) atoms. The van der Waals surface area contributed by atoms with Gasteiger partial charge in [-0.1, -0.05) is 45.2 Å². The van der Waals surface area contributed by atoms with E-state index in [2.05, 4.69) is 37.4 Å². The molecule has 1 atom stereocenters. The number of nitrogens with one attached hydrogen (secondary N) is 1. The molecule has 2 nitrogen and oxygen atoms in total. The fourth-order valence-corrected chi connectivity index (χ4v) is 2.04. The van der Waals surface area contributed by atoms with Gasteiger partial charge in [0, 0.05) is 12.2 Å². The van der Waals surface area contributed by atoms with Crippen molar-refractivity contribution in [2.24, 2.45) is 5.92 Å². The van der Waals surface area contributed by atoms with Crippen LogP contribution in [-0.4, -0.2) is 6.54 Å². The molecule has 0 aromatic heterocycles. The molecule has 0 aliphatic carbocycles. The molecule has 0 saturated carbocycles. The molecule has 0 fully saturated rings. The van der Waals surface area contributed by atoms with E-state index in [0.29, 0.717) is 6.42 Å². The van der Waals surface area contributed by atoms with Gasteiger partial charge in [0.15, 0.2) is 0 Å². The lowest BCUT2D eigenvalue weighted by atomic mass is 9.99. The van der Waals surface area contributed by atoms with Crippen LogP contribution in [0.1, 0.15) is 45.1 Å². The minimum atomic E-state index is 0.494. The van der Waals surface area contributed by atoms with E-state index in [1.165, 1.54) is 25.7 Å². The second kappa shape index (κ2) is 8.58. The van der Waals surface area contributed by atoms with Crippen molar-refractivity contribution in [3.05, 3.63) is 29.8 Å². The second-order valence-electron chi connectivity index (χ2n) is 4.83. The van der Waals surface area contributed by atoms with Crippen LogP contribution in [0, 0.1) is 17.2 Å². The summed E-state index contributed by atoms with van der Waals surface area (Å²) >= 11 is 0. The Hall–Kier alpha value is -1.49. The molecule has 1 unspecified atom stereocenters. The average Bonchev–Trinajstić information content (AvgIpc) is 2.41. The van der Waals surface area contributed by atoms with Crippen LogP contribution in [-0.2, 0) is 6.42 Å². The number of rotatable bonds is 8. The predicted molar refractivity (Wildman–Crippen MR) is 77.6 cm³/mol. The van der Waals surface area contributed by atoms with Gasteiger partial charge in [-0.15, -0.1) is 0 Å². The summed E-state index contributed by atoms with van der Waals surface area (Å²) in [5, 5.41) is 12.1. The highest BCUT2D eigenvalue weighted by atomic mass is 14.9. The smallest absolute Gasteiger partial charge is 0.0669 e. The summed E-state index contributed by atoms with van der Waals surface area (Å²) < 4.78 is 0. The highest BCUT2D eigenvalue weighted by molar-refractivity contribution is 5.44. The maximum atomic E-state index is 8.61. The van der Waals surface area contributed by atoms with Crippen LogP contribution < -0.4 is 5.32 Å². The highest BCUT2D eigenvalue weighted by Crippen LogP contribution is 2.15. The first kappa shape index (κ1) is 14.6. The molecule has 0 saturated heterocycles. The number of nitrogens with zero attached hydrogens (tertiary/aromatic N) is 1. The minimum absolute atomic E-state index is 0.494. The third-order valence-electron chi connectivity index (χ3n) is 3.38. The van der Waals surface area contributed by atoms with E-state index in [1.54, 1.807) is 0 Å². The van der Waals surface area contributed by atoms with Crippen molar-refractivity contribution in [2.75, 3.05) is 11.9 Å². The Labute approximate surface area is 111 Å². The van der Waals surface area contributed by atoms with Crippen LogP contribution in [0.5, 0.6) is 0 Å². The predicted octanol–water partition coefficient (Wildman–Crippen LogP) is 4.38. The summed E-state index contributed by atoms with van der Waals surface area (Å²) in [4.78, 5) is 0. The molecular weight excluding hydrogens is 220 g/mol. The van der Waals surface area contributed by atoms with Crippen molar-refractivity contribution in [1.82, 2.24) is 0 Å². The SMILES string of the molecule is CCCCC(CC)CNc1ccc(CC#N)cc1. The maximum Gasteiger partial charge on any atom is 0.0669 e. The van der Waals surface area contributed by atoms with Gasteiger partial charge in [-0.25, -0.2) is 0 Å². The zero-order valence-electron chi connectivity index (χ0n) is 11.6. The summed E-state index contributed by atoms with van der Waals surface area (Å²) in [5.41, 5.74) is 2.24. The van der Waals surface area contributed by atoms with Gasteiger partial charge in [-0.3, -0.25) is 0 Å². The number of hydrogen-bond donors (Lipinski definition) is 1. The van der Waals surface area contributed by atoms with Crippen molar-refractivity contribution in [3.8, 4) is 6.07 Å². The van der Waals surface area contributed by atoms with E-state index in [-0.39, 0.29) is 0 Å². The van der Waals surface area contributed by atoms with Gasteiger partial charge in [-0.2, -0.15) is 5.26 Å². The van der Waals surface area contributed by atoms with Gasteiger partial charge in [0.05, 0.1) is 12.5 Å². The summed E-state index contributed by atoms with van der Waals surface area (Å²) in [5.74, 6) is 0.767. The molecule has 1 N–H and O–H groups in total. The molecular formula is C16H24N2. The Bertz CT molecular complexity index is 362. The highest BCUT2D eigenvalue weighted by Gasteiger charge is 2.05. The van der Waals surface area contributed by atoms with Crippen LogP contribution in [0.3, 0.4) is 0 Å². The van der Waals surface area contributed by atoms with Crippen molar-refractivity contribution >= 4 is 5.69 Å². The molecule has 2 heteroatoms. The van der Waals surface area contributed by atoms with Crippen molar-refractivity contribution in [3.63, 3.8) is 0 Å². The topological polar surface area (TPSA) is 35.8 Å². The Morgan fingerprint density at radius 1 is 1.22 bits per heavy atom. The fraction of sp³-hybridized carbons (Fsp3) is 0.562. The lowest BCUT2D eigenvalue weighted by Crippen LogP contribution is -2.13. The molecule has 1 aromatic carbocycles. The Morgan fingerprint density at radius 3 is 2.50 bits per heavy atom. The zero-order chi connectivity index (χ0) is 13.2. The van der Waals surface area contributed by atoms with E-state index in [4.69, 9.17) is 5.26 Å². The van der Waals surface area contributed by atoms with Crippen LogP contribution in [0.15, 0.2) is 24.3 Å². The van der Waals surface area contributed by atoms with Gasteiger partial charge in [-0.05, 0) is 30.0 Å². The van der Waals surface area contributed by atoms with Crippen molar-refractivity contribution in [2.45, 2.75) is 46.0 Å². The average molecular weight is 244 g/mol. The van der Waals surface area contributed by atoms with Gasteiger partial charge < -0.3 is 5.32 Å². The standard InChI is InChI=1S/C16H24N2/c1-3-5-6-14(4-2)13-18-16-9-7-15(8-10-16)11-12-17/h7-10,14,18H,3-6,11,13H2,1-2H3. The summed E-state index contributed by atoms with van der Waals surface area (Å²) in [7, 11) is 0. The first-order chi connectivity index (χ1) is 8.80. The van der Waals surface area contributed by atoms with E-state index in [9.17, 15) is 0 Å². The van der Waals surface area contributed by atoms with Gasteiger partial charge >= 0.3 is 0 Å². The molecule has 0 bridgehead atoms. The van der Waals surface area contributed by atoms with Crippen LogP contribution >= 0.6 is 0 Å². The Morgan fingerprint density at radius 2 is 1.94 bits per heavy atom. The number of nitriles is 1. The summed E-state index contributed by atoms with van der Waals surface area (Å²) in [6, 6.07) is 10.4. The largest absolute Gasteiger partial charge is 0.385 e. The molecule has 1 aromatic rings. The number of benzene rings is 1. The number of hydrogen-bond acceptors (Lipinski definition) is 2. The monoisotopic (exact) mass is 244 g/mol. The van der Waals surface area contributed by atoms with Gasteiger partial charge in [0.2, 0.25) is 0 Å². The molecule has 1 rings (SSSR count). The summed E-state index contributed by atoms with van der Waals surface area (Å²) in [6.45, 7) is 5.56. The fourth-order valence-electron chi connectivity index (χ4n) is 2.04. The van der Waals surface area contributed by atoms with Crippen molar-refractivity contribution < 1.29 is 0 Å². The zero-order valence-corrected chi connectivity index (χ0v) is 11.6. The van der Waals surface area contributed by atoms with E-state index >= 15 is 0 Å². The Kier molecular flexibility index (Phi) is 6.94. The van der Waals surface area contributed by atoms with Crippen LogP contribution in [0.2, 0.25) is 0 Å². The van der Waals surface area contributed by atoms with Crippen LogP contribution in [0.25, 0.3) is 0 Å². The normalized spacial score (nSPS) is 11.8. The number of anilines is 1. The second-order valence-corrected chi connectivity index (χ2v) is 4.83.